The fraction of sp³-hybridized carbons (Fsp3) is 0.667. The molecule has 0 aliphatic rings. The highest BCUT2D eigenvalue weighted by Crippen LogP contribution is 2.23. The second kappa shape index (κ2) is 7.64. The number of nitrogens with one attached hydrogen (secondary N) is 2. The highest BCUT2D eigenvalue weighted by molar-refractivity contribution is 7.10. The molecule has 20 heavy (non-hydrogen) atoms. The lowest BCUT2D eigenvalue weighted by molar-refractivity contribution is 0.0527. The topological polar surface area (TPSA) is 50.4 Å². The van der Waals surface area contributed by atoms with Crippen molar-refractivity contribution in [3.05, 3.63) is 21.9 Å². The number of aryl methyl sites for hydroxylation is 1. The van der Waals surface area contributed by atoms with Crippen molar-refractivity contribution >= 4 is 17.4 Å². The number of hydrogen-bond acceptors (Lipinski definition) is 4. The van der Waals surface area contributed by atoms with E-state index < -0.39 is 5.60 Å². The van der Waals surface area contributed by atoms with Crippen LogP contribution in [0.5, 0.6) is 0 Å². The Labute approximate surface area is 125 Å². The number of rotatable bonds is 6. The Bertz CT molecular complexity index is 424. The van der Waals surface area contributed by atoms with Crippen LogP contribution in [-0.2, 0) is 4.74 Å². The molecular weight excluding hydrogens is 272 g/mol. The third kappa shape index (κ3) is 6.39. The first-order chi connectivity index (χ1) is 9.29. The highest BCUT2D eigenvalue weighted by atomic mass is 32.1. The summed E-state index contributed by atoms with van der Waals surface area (Å²) < 4.78 is 5.17. The van der Waals surface area contributed by atoms with Crippen LogP contribution in [0.2, 0.25) is 0 Å². The van der Waals surface area contributed by atoms with Gasteiger partial charge in [0.15, 0.2) is 0 Å². The summed E-state index contributed by atoms with van der Waals surface area (Å²) in [6.45, 7) is 11.4. The second-order valence-corrected chi connectivity index (χ2v) is 6.87. The zero-order valence-corrected chi connectivity index (χ0v) is 13.9. The van der Waals surface area contributed by atoms with E-state index in [0.717, 1.165) is 13.0 Å². The number of ether oxygens (including phenoxy) is 1. The molecule has 1 amide bonds. The molecule has 1 rings (SSSR count). The molecule has 0 aromatic carbocycles. The summed E-state index contributed by atoms with van der Waals surface area (Å²) in [7, 11) is 0. The van der Waals surface area contributed by atoms with E-state index in [-0.39, 0.29) is 6.09 Å². The van der Waals surface area contributed by atoms with Gasteiger partial charge in [-0.25, -0.2) is 4.79 Å². The van der Waals surface area contributed by atoms with Crippen LogP contribution in [0, 0.1) is 6.92 Å². The number of thiophene rings is 1. The predicted octanol–water partition coefficient (Wildman–Crippen LogP) is 3.62. The van der Waals surface area contributed by atoms with Crippen molar-refractivity contribution in [2.75, 3.05) is 13.1 Å². The van der Waals surface area contributed by atoms with Gasteiger partial charge >= 0.3 is 6.09 Å². The van der Waals surface area contributed by atoms with Crippen LogP contribution in [0.3, 0.4) is 0 Å². The molecule has 0 saturated carbocycles. The van der Waals surface area contributed by atoms with E-state index >= 15 is 0 Å². The lowest BCUT2D eigenvalue weighted by atomic mass is 10.2. The van der Waals surface area contributed by atoms with Crippen molar-refractivity contribution in [2.24, 2.45) is 0 Å². The molecule has 0 saturated heterocycles. The number of carbonyl (C=O) groups excluding carboxylic acids is 1. The van der Waals surface area contributed by atoms with Gasteiger partial charge in [0.25, 0.3) is 0 Å². The molecule has 4 nitrogen and oxygen atoms in total. The maximum atomic E-state index is 11.4. The fourth-order valence-corrected chi connectivity index (χ4v) is 2.79. The Hall–Kier alpha value is -1.07. The minimum Gasteiger partial charge on any atom is -0.444 e. The Kier molecular flexibility index (Phi) is 6.49. The summed E-state index contributed by atoms with van der Waals surface area (Å²) >= 11 is 1.78. The van der Waals surface area contributed by atoms with Crippen LogP contribution in [0.1, 0.15) is 50.6 Å². The van der Waals surface area contributed by atoms with Gasteiger partial charge in [0.1, 0.15) is 5.60 Å². The van der Waals surface area contributed by atoms with Gasteiger partial charge in [0.05, 0.1) is 0 Å². The van der Waals surface area contributed by atoms with Gasteiger partial charge in [-0.3, -0.25) is 0 Å². The molecule has 114 valence electrons. The number of amides is 1. The van der Waals surface area contributed by atoms with Gasteiger partial charge in [0.2, 0.25) is 0 Å². The van der Waals surface area contributed by atoms with E-state index in [1.54, 1.807) is 11.3 Å². The SMILES string of the molecule is Cc1ccsc1C(C)NCCCNC(=O)OC(C)(C)C. The third-order valence-electron chi connectivity index (χ3n) is 2.77. The average Bonchev–Trinajstić information content (AvgIpc) is 2.72. The van der Waals surface area contributed by atoms with Gasteiger partial charge in [-0.05, 0) is 64.6 Å². The standard InChI is InChI=1S/C15H26N2O2S/c1-11-7-10-20-13(11)12(2)16-8-6-9-17-14(18)19-15(3,4)5/h7,10,12,16H,6,8-9H2,1-5H3,(H,17,18). The molecule has 2 N–H and O–H groups in total. The summed E-state index contributed by atoms with van der Waals surface area (Å²) in [6, 6.07) is 2.50. The minimum absolute atomic E-state index is 0.348. The normalized spacial score (nSPS) is 13.1. The third-order valence-corrected chi connectivity index (χ3v) is 3.97. The monoisotopic (exact) mass is 298 g/mol. The number of hydrogen-bond donors (Lipinski definition) is 2. The second-order valence-electron chi connectivity index (χ2n) is 5.93. The van der Waals surface area contributed by atoms with Crippen LogP contribution in [0.25, 0.3) is 0 Å². The minimum atomic E-state index is -0.437. The zero-order chi connectivity index (χ0) is 15.2. The van der Waals surface area contributed by atoms with Gasteiger partial charge < -0.3 is 15.4 Å². The predicted molar refractivity (Wildman–Crippen MR) is 84.3 cm³/mol. The first-order valence-corrected chi connectivity index (χ1v) is 7.92. The Morgan fingerprint density at radius 2 is 2.10 bits per heavy atom. The van der Waals surface area contributed by atoms with Crippen LogP contribution >= 0.6 is 11.3 Å². The molecule has 1 unspecified atom stereocenters. The molecule has 0 aliphatic heterocycles. The van der Waals surface area contributed by atoms with Crippen LogP contribution < -0.4 is 10.6 Å². The molecule has 1 aromatic rings. The average molecular weight is 298 g/mol. The first kappa shape index (κ1) is 17.0. The fourth-order valence-electron chi connectivity index (χ4n) is 1.83. The van der Waals surface area contributed by atoms with Crippen molar-refractivity contribution in [1.82, 2.24) is 10.6 Å². The van der Waals surface area contributed by atoms with Gasteiger partial charge in [-0.15, -0.1) is 11.3 Å². The van der Waals surface area contributed by atoms with Crippen LogP contribution in [0.15, 0.2) is 11.4 Å². The van der Waals surface area contributed by atoms with E-state index in [4.69, 9.17) is 4.74 Å². The van der Waals surface area contributed by atoms with Crippen molar-refractivity contribution < 1.29 is 9.53 Å². The number of alkyl carbamates (subject to hydrolysis) is 1. The molecule has 5 heteroatoms. The molecule has 0 fully saturated rings. The largest absolute Gasteiger partial charge is 0.444 e. The maximum absolute atomic E-state index is 11.4. The molecule has 0 aliphatic carbocycles. The lowest BCUT2D eigenvalue weighted by Gasteiger charge is -2.19. The number of carbonyl (C=O) groups is 1. The van der Waals surface area contributed by atoms with Crippen molar-refractivity contribution in [3.8, 4) is 0 Å². The zero-order valence-electron chi connectivity index (χ0n) is 13.1. The Morgan fingerprint density at radius 3 is 2.65 bits per heavy atom. The van der Waals surface area contributed by atoms with E-state index in [0.29, 0.717) is 12.6 Å². The van der Waals surface area contributed by atoms with Gasteiger partial charge in [0, 0.05) is 17.5 Å². The van der Waals surface area contributed by atoms with Gasteiger partial charge in [-0.1, -0.05) is 0 Å². The van der Waals surface area contributed by atoms with E-state index in [1.165, 1.54) is 10.4 Å². The summed E-state index contributed by atoms with van der Waals surface area (Å²) in [5.41, 5.74) is 0.898. The lowest BCUT2D eigenvalue weighted by Crippen LogP contribution is -2.34. The molecular formula is C15H26N2O2S. The summed E-state index contributed by atoms with van der Waals surface area (Å²) in [5, 5.41) is 8.34. The first-order valence-electron chi connectivity index (χ1n) is 7.04. The summed E-state index contributed by atoms with van der Waals surface area (Å²) in [4.78, 5) is 12.8. The molecule has 1 aromatic heterocycles. The van der Waals surface area contributed by atoms with Crippen LogP contribution in [-0.4, -0.2) is 24.8 Å². The van der Waals surface area contributed by atoms with Crippen molar-refractivity contribution in [2.45, 2.75) is 52.7 Å². The maximum Gasteiger partial charge on any atom is 0.407 e. The Balaban J connectivity index is 2.14. The van der Waals surface area contributed by atoms with Crippen LogP contribution in [0.4, 0.5) is 4.79 Å². The molecule has 1 atom stereocenters. The molecule has 0 bridgehead atoms. The summed E-state index contributed by atoms with van der Waals surface area (Å²) in [6.07, 6.45) is 0.535. The van der Waals surface area contributed by atoms with E-state index in [2.05, 4.69) is 35.9 Å². The Morgan fingerprint density at radius 1 is 1.40 bits per heavy atom. The highest BCUT2D eigenvalue weighted by Gasteiger charge is 2.15. The smallest absolute Gasteiger partial charge is 0.407 e. The summed E-state index contributed by atoms with van der Waals surface area (Å²) in [5.74, 6) is 0. The van der Waals surface area contributed by atoms with Crippen molar-refractivity contribution in [1.29, 1.82) is 0 Å². The van der Waals surface area contributed by atoms with Gasteiger partial charge in [-0.2, -0.15) is 0 Å². The quantitative estimate of drug-likeness (QED) is 0.789. The molecule has 0 spiro atoms. The van der Waals surface area contributed by atoms with E-state index in [9.17, 15) is 4.79 Å². The molecule has 0 radical (unpaired) electrons. The van der Waals surface area contributed by atoms with Crippen molar-refractivity contribution in [3.63, 3.8) is 0 Å². The molecule has 1 heterocycles. The van der Waals surface area contributed by atoms with E-state index in [1.807, 2.05) is 20.8 Å².